The van der Waals surface area contributed by atoms with Crippen molar-refractivity contribution in [2.75, 3.05) is 20.2 Å². The molecule has 2 aliphatic rings. The van der Waals surface area contributed by atoms with E-state index < -0.39 is 23.6 Å². The van der Waals surface area contributed by atoms with Crippen molar-refractivity contribution >= 4 is 5.96 Å². The van der Waals surface area contributed by atoms with E-state index in [0.717, 1.165) is 47.7 Å². The molecule has 2 aromatic carbocycles. The van der Waals surface area contributed by atoms with Gasteiger partial charge in [-0.15, -0.1) is 0 Å². The molecule has 7 nitrogen and oxygen atoms in total. The zero-order valence-electron chi connectivity index (χ0n) is 18.8. The molecule has 1 saturated heterocycles. The molecule has 2 aliphatic heterocycles. The first-order valence-electron chi connectivity index (χ1n) is 11.0. The number of guanidine groups is 1. The number of methoxy groups -OCH3 is 1. The van der Waals surface area contributed by atoms with Crippen LogP contribution in [0.3, 0.4) is 0 Å². The van der Waals surface area contributed by atoms with Crippen LogP contribution in [0.15, 0.2) is 48.0 Å². The highest BCUT2D eigenvalue weighted by Crippen LogP contribution is 2.32. The van der Waals surface area contributed by atoms with Gasteiger partial charge in [0.15, 0.2) is 23.6 Å². The van der Waals surface area contributed by atoms with Crippen LogP contribution in [0, 0.1) is 24.4 Å². The molecule has 0 spiro atoms. The second kappa shape index (κ2) is 8.92. The fourth-order valence-electron chi connectivity index (χ4n) is 4.37. The van der Waals surface area contributed by atoms with Crippen LogP contribution in [0.4, 0.5) is 13.2 Å². The molecule has 0 amide bonds. The lowest BCUT2D eigenvalue weighted by atomic mass is 10.0. The zero-order valence-corrected chi connectivity index (χ0v) is 18.8. The number of hydrogen-bond donors (Lipinski definition) is 1. The molecule has 0 radical (unpaired) electrons. The quantitative estimate of drug-likeness (QED) is 0.573. The van der Waals surface area contributed by atoms with Gasteiger partial charge in [-0.2, -0.15) is 0 Å². The third-order valence-electron chi connectivity index (χ3n) is 6.15. The second-order valence-electron chi connectivity index (χ2n) is 8.45. The lowest BCUT2D eigenvalue weighted by molar-refractivity contribution is 0.0178. The third-order valence-corrected chi connectivity index (χ3v) is 6.15. The fraction of sp³-hybridized carbons (Fsp3) is 0.333. The number of nitrogens with zero attached hydrogens (tertiary/aromatic N) is 4. The van der Waals surface area contributed by atoms with E-state index >= 15 is 0 Å². The van der Waals surface area contributed by atoms with Crippen molar-refractivity contribution in [2.45, 2.75) is 31.9 Å². The number of halogens is 3. The summed E-state index contributed by atoms with van der Waals surface area (Å²) in [5.74, 6) is -2.71. The highest BCUT2D eigenvalue weighted by atomic mass is 19.2. The van der Waals surface area contributed by atoms with Crippen LogP contribution in [-0.4, -0.2) is 40.6 Å². The summed E-state index contributed by atoms with van der Waals surface area (Å²) in [6.07, 6.45) is 4.68. The van der Waals surface area contributed by atoms with Crippen LogP contribution in [-0.2, 0) is 4.84 Å². The Hall–Kier alpha value is -3.69. The van der Waals surface area contributed by atoms with Crippen molar-refractivity contribution in [2.24, 2.45) is 5.16 Å². The molecular weight excluding hydrogens is 447 g/mol. The molecule has 10 heteroatoms. The van der Waals surface area contributed by atoms with Crippen LogP contribution in [0.25, 0.3) is 5.69 Å². The SMILES string of the molecule is COc1cc(C2CCCN3CC(c4cc(F)c(F)c(F)c4)ON=C3N2)ccc1-n1cnc(C)c1. The van der Waals surface area contributed by atoms with Gasteiger partial charge in [0.05, 0.1) is 37.4 Å². The van der Waals surface area contributed by atoms with Gasteiger partial charge in [-0.25, -0.2) is 18.2 Å². The van der Waals surface area contributed by atoms with Crippen molar-refractivity contribution in [1.82, 2.24) is 19.8 Å². The summed E-state index contributed by atoms with van der Waals surface area (Å²) in [4.78, 5) is 11.8. The van der Waals surface area contributed by atoms with E-state index in [9.17, 15) is 13.2 Å². The summed E-state index contributed by atoms with van der Waals surface area (Å²) in [6.45, 7) is 2.96. The Morgan fingerprint density at radius 1 is 1.12 bits per heavy atom. The van der Waals surface area contributed by atoms with Crippen LogP contribution in [0.5, 0.6) is 5.75 Å². The fourth-order valence-corrected chi connectivity index (χ4v) is 4.37. The molecular formula is C24H24F3N5O2. The number of oxime groups is 1. The summed E-state index contributed by atoms with van der Waals surface area (Å²) >= 11 is 0. The van der Waals surface area contributed by atoms with Crippen molar-refractivity contribution in [3.63, 3.8) is 0 Å². The lowest BCUT2D eigenvalue weighted by Crippen LogP contribution is -2.45. The smallest absolute Gasteiger partial charge is 0.236 e. The molecule has 2 atom stereocenters. The Morgan fingerprint density at radius 3 is 2.62 bits per heavy atom. The molecule has 178 valence electrons. The number of fused-ring (bicyclic) bond motifs is 1. The van der Waals surface area contributed by atoms with Gasteiger partial charge in [-0.05, 0) is 54.8 Å². The zero-order chi connectivity index (χ0) is 23.8. The Balaban J connectivity index is 1.36. The minimum absolute atomic E-state index is 0.0305. The first-order valence-corrected chi connectivity index (χ1v) is 11.0. The highest BCUT2D eigenvalue weighted by Gasteiger charge is 2.31. The maximum Gasteiger partial charge on any atom is 0.236 e. The number of aromatic nitrogens is 2. The average Bonchev–Trinajstić information content (AvgIpc) is 3.15. The van der Waals surface area contributed by atoms with E-state index in [-0.39, 0.29) is 11.6 Å². The molecule has 34 heavy (non-hydrogen) atoms. The first kappa shape index (κ1) is 22.1. The molecule has 0 aliphatic carbocycles. The summed E-state index contributed by atoms with van der Waals surface area (Å²) in [5, 5.41) is 7.61. The molecule has 3 heterocycles. The van der Waals surface area contributed by atoms with Crippen LogP contribution >= 0.6 is 0 Å². The third kappa shape index (κ3) is 4.15. The molecule has 3 aromatic rings. The van der Waals surface area contributed by atoms with Gasteiger partial charge in [0.2, 0.25) is 5.96 Å². The van der Waals surface area contributed by atoms with Gasteiger partial charge < -0.3 is 24.4 Å². The van der Waals surface area contributed by atoms with Gasteiger partial charge >= 0.3 is 0 Å². The van der Waals surface area contributed by atoms with E-state index in [0.29, 0.717) is 19.0 Å². The topological polar surface area (TPSA) is 63.9 Å². The Bertz CT molecular complexity index is 1220. The number of rotatable bonds is 4. The summed E-state index contributed by atoms with van der Waals surface area (Å²) in [6, 6.07) is 7.90. The maximum absolute atomic E-state index is 13.7. The molecule has 2 unspecified atom stereocenters. The van der Waals surface area contributed by atoms with Crippen molar-refractivity contribution in [3.05, 3.63) is 77.1 Å². The largest absolute Gasteiger partial charge is 0.495 e. The Morgan fingerprint density at radius 2 is 1.91 bits per heavy atom. The van der Waals surface area contributed by atoms with Gasteiger partial charge in [-0.3, -0.25) is 0 Å². The van der Waals surface area contributed by atoms with Crippen LogP contribution in [0.1, 0.15) is 41.8 Å². The number of ether oxygens (including phenoxy) is 1. The van der Waals surface area contributed by atoms with E-state index in [4.69, 9.17) is 9.57 Å². The molecule has 1 fully saturated rings. The predicted molar refractivity (Wildman–Crippen MR) is 119 cm³/mol. The van der Waals surface area contributed by atoms with E-state index in [1.165, 1.54) is 0 Å². The van der Waals surface area contributed by atoms with Gasteiger partial charge in [0, 0.05) is 18.3 Å². The number of hydrogen-bond acceptors (Lipinski definition) is 6. The van der Waals surface area contributed by atoms with Crippen LogP contribution in [0.2, 0.25) is 0 Å². The monoisotopic (exact) mass is 471 g/mol. The summed E-state index contributed by atoms with van der Waals surface area (Å²) < 4.78 is 48.3. The minimum atomic E-state index is -1.49. The van der Waals surface area contributed by atoms with Crippen LogP contribution < -0.4 is 10.1 Å². The van der Waals surface area contributed by atoms with Gasteiger partial charge in [-0.1, -0.05) is 6.07 Å². The standard InChI is InChI=1S/C24H24F3N5O2/c1-14-11-32(13-28-14)20-6-5-15(10-21(20)33-2)19-4-3-7-31-12-22(34-30-24(31)29-19)16-8-17(25)23(27)18(26)9-16/h5-6,8-11,13,19,22H,3-4,7,12H2,1-2H3,(H,29,30). The molecule has 5 rings (SSSR count). The van der Waals surface area contributed by atoms with E-state index in [1.807, 2.05) is 40.8 Å². The summed E-state index contributed by atoms with van der Waals surface area (Å²) in [5.41, 5.74) is 3.04. The Labute approximate surface area is 194 Å². The lowest BCUT2D eigenvalue weighted by Gasteiger charge is -2.32. The number of benzene rings is 2. The van der Waals surface area contributed by atoms with Crippen molar-refractivity contribution in [3.8, 4) is 11.4 Å². The maximum atomic E-state index is 13.7. The van der Waals surface area contributed by atoms with Gasteiger partial charge in [0.1, 0.15) is 5.75 Å². The number of nitrogens with one attached hydrogen (secondary N) is 1. The highest BCUT2D eigenvalue weighted by molar-refractivity contribution is 5.80. The molecule has 1 aromatic heterocycles. The average molecular weight is 471 g/mol. The second-order valence-corrected chi connectivity index (χ2v) is 8.45. The first-order chi connectivity index (χ1) is 16.4. The normalized spacial score (nSPS) is 20.0. The molecule has 0 bridgehead atoms. The van der Waals surface area contributed by atoms with E-state index in [1.54, 1.807) is 13.4 Å². The number of aryl methyl sites for hydroxylation is 1. The van der Waals surface area contributed by atoms with Gasteiger partial charge in [0.25, 0.3) is 0 Å². The number of imidazole rings is 1. The molecule has 1 N–H and O–H groups in total. The van der Waals surface area contributed by atoms with Crippen molar-refractivity contribution < 1.29 is 22.7 Å². The Kier molecular flexibility index (Phi) is 5.80. The molecule has 0 saturated carbocycles. The van der Waals surface area contributed by atoms with Crippen molar-refractivity contribution in [1.29, 1.82) is 0 Å². The van der Waals surface area contributed by atoms with E-state index in [2.05, 4.69) is 15.5 Å². The minimum Gasteiger partial charge on any atom is -0.495 e. The summed E-state index contributed by atoms with van der Waals surface area (Å²) in [7, 11) is 1.63. The predicted octanol–water partition coefficient (Wildman–Crippen LogP) is 4.38.